The van der Waals surface area contributed by atoms with E-state index in [1.54, 1.807) is 0 Å². The normalized spacial score (nSPS) is 10.4. The van der Waals surface area contributed by atoms with E-state index >= 15 is 0 Å². The number of nitrogen functional groups attached to an aromatic ring is 1. The lowest BCUT2D eigenvalue weighted by Crippen LogP contribution is -2.20. The van der Waals surface area contributed by atoms with E-state index in [4.69, 9.17) is 10.5 Å². The van der Waals surface area contributed by atoms with Crippen LogP contribution >= 0.6 is 0 Å². The number of hydrogen-bond donors (Lipinski definition) is 1. The molecular weight excluding hydrogens is 264 g/mol. The maximum absolute atomic E-state index is 6.20. The molecule has 0 aliphatic rings. The van der Waals surface area contributed by atoms with Gasteiger partial charge in [0.15, 0.2) is 5.82 Å². The Hall–Kier alpha value is -2.30. The quantitative estimate of drug-likeness (QED) is 0.882. The zero-order valence-corrected chi connectivity index (χ0v) is 12.8. The molecule has 0 aliphatic heterocycles. The van der Waals surface area contributed by atoms with Gasteiger partial charge in [-0.15, -0.1) is 0 Å². The van der Waals surface area contributed by atoms with Crippen LogP contribution in [0.3, 0.4) is 0 Å². The van der Waals surface area contributed by atoms with Crippen LogP contribution in [0.2, 0.25) is 0 Å². The van der Waals surface area contributed by atoms with Crippen molar-refractivity contribution in [2.24, 2.45) is 0 Å². The Morgan fingerprint density at radius 2 is 1.95 bits per heavy atom. The number of para-hydroxylation sites is 1. The molecule has 1 aromatic heterocycles. The number of rotatable bonds is 6. The molecule has 0 saturated heterocycles. The third-order valence-corrected chi connectivity index (χ3v) is 3.25. The largest absolute Gasteiger partial charge is 0.476 e. The number of benzene rings is 1. The van der Waals surface area contributed by atoms with Crippen LogP contribution in [-0.2, 0) is 0 Å². The average Bonchev–Trinajstić information content (AvgIpc) is 2.50. The van der Waals surface area contributed by atoms with Gasteiger partial charge in [0.05, 0.1) is 6.61 Å². The summed E-state index contributed by atoms with van der Waals surface area (Å²) >= 11 is 0. The van der Waals surface area contributed by atoms with Crippen LogP contribution in [0.1, 0.15) is 25.8 Å². The van der Waals surface area contributed by atoms with Crippen molar-refractivity contribution in [3.63, 3.8) is 0 Å². The molecule has 0 saturated carbocycles. The van der Waals surface area contributed by atoms with E-state index in [-0.39, 0.29) is 0 Å². The Morgan fingerprint density at radius 1 is 1.19 bits per heavy atom. The van der Waals surface area contributed by atoms with Crippen molar-refractivity contribution >= 4 is 17.2 Å². The Balaban J connectivity index is 2.41. The molecule has 2 aromatic rings. The van der Waals surface area contributed by atoms with Crippen molar-refractivity contribution in [1.82, 2.24) is 9.97 Å². The fraction of sp³-hybridized carbons (Fsp3) is 0.375. The number of nitrogens with zero attached hydrogens (tertiary/aromatic N) is 3. The van der Waals surface area contributed by atoms with Gasteiger partial charge in [-0.05, 0) is 31.9 Å². The first kappa shape index (κ1) is 15.1. The van der Waals surface area contributed by atoms with Gasteiger partial charge >= 0.3 is 0 Å². The zero-order chi connectivity index (χ0) is 15.2. The van der Waals surface area contributed by atoms with Crippen molar-refractivity contribution in [3.05, 3.63) is 36.2 Å². The smallest absolute Gasteiger partial charge is 0.242 e. The summed E-state index contributed by atoms with van der Waals surface area (Å²) in [6.07, 6.45) is 2.41. The summed E-state index contributed by atoms with van der Waals surface area (Å²) in [7, 11) is 0. The number of anilines is 3. The van der Waals surface area contributed by atoms with E-state index in [1.165, 1.54) is 11.9 Å². The van der Waals surface area contributed by atoms with Gasteiger partial charge in [0.25, 0.3) is 0 Å². The minimum atomic E-state index is 0.453. The van der Waals surface area contributed by atoms with Gasteiger partial charge in [-0.1, -0.05) is 25.1 Å². The molecule has 2 rings (SSSR count). The second kappa shape index (κ2) is 6.92. The van der Waals surface area contributed by atoms with Gasteiger partial charge in [-0.2, -0.15) is 4.98 Å². The molecule has 0 radical (unpaired) electrons. The van der Waals surface area contributed by atoms with Crippen molar-refractivity contribution < 1.29 is 4.74 Å². The Morgan fingerprint density at radius 3 is 2.62 bits per heavy atom. The second-order valence-electron chi connectivity index (χ2n) is 4.80. The van der Waals surface area contributed by atoms with Crippen LogP contribution in [0.25, 0.3) is 0 Å². The van der Waals surface area contributed by atoms with E-state index in [9.17, 15) is 0 Å². The van der Waals surface area contributed by atoms with Crippen LogP contribution in [0.4, 0.5) is 17.2 Å². The summed E-state index contributed by atoms with van der Waals surface area (Å²) in [4.78, 5) is 10.5. The predicted octanol–water partition coefficient (Wildman–Crippen LogP) is 3.31. The summed E-state index contributed by atoms with van der Waals surface area (Å²) in [6, 6.07) is 8.17. The fourth-order valence-electron chi connectivity index (χ4n) is 2.20. The highest BCUT2D eigenvalue weighted by molar-refractivity contribution is 5.75. The molecule has 1 aromatic carbocycles. The molecule has 0 spiro atoms. The third kappa shape index (κ3) is 3.24. The molecule has 0 aliphatic carbocycles. The second-order valence-corrected chi connectivity index (χ2v) is 4.80. The lowest BCUT2D eigenvalue weighted by Gasteiger charge is -2.25. The molecule has 0 atom stereocenters. The Kier molecular flexibility index (Phi) is 4.98. The predicted molar refractivity (Wildman–Crippen MR) is 86.1 cm³/mol. The first-order valence-corrected chi connectivity index (χ1v) is 7.25. The van der Waals surface area contributed by atoms with E-state index < -0.39 is 0 Å². The average molecular weight is 286 g/mol. The highest BCUT2D eigenvalue weighted by Gasteiger charge is 2.17. The van der Waals surface area contributed by atoms with Crippen molar-refractivity contribution in [2.45, 2.75) is 27.2 Å². The SMILES string of the molecule is CCCOc1ncnc(N(CC)c2ccccc2C)c1N. The van der Waals surface area contributed by atoms with Crippen molar-refractivity contribution in [1.29, 1.82) is 0 Å². The fourth-order valence-corrected chi connectivity index (χ4v) is 2.20. The van der Waals surface area contributed by atoms with E-state index in [1.807, 2.05) is 19.1 Å². The number of hydrogen-bond acceptors (Lipinski definition) is 5. The van der Waals surface area contributed by atoms with E-state index in [0.717, 1.165) is 18.7 Å². The topological polar surface area (TPSA) is 64.3 Å². The first-order valence-electron chi connectivity index (χ1n) is 7.25. The van der Waals surface area contributed by atoms with E-state index in [0.29, 0.717) is 24.0 Å². The first-order chi connectivity index (χ1) is 10.2. The number of aryl methyl sites for hydroxylation is 1. The van der Waals surface area contributed by atoms with E-state index in [2.05, 4.69) is 40.8 Å². The summed E-state index contributed by atoms with van der Waals surface area (Å²) in [5.74, 6) is 1.14. The van der Waals surface area contributed by atoms with Gasteiger partial charge in [0, 0.05) is 12.2 Å². The Bertz CT molecular complexity index is 601. The van der Waals surface area contributed by atoms with Crippen molar-refractivity contribution in [2.75, 3.05) is 23.8 Å². The van der Waals surface area contributed by atoms with Crippen LogP contribution in [0, 0.1) is 6.92 Å². The maximum Gasteiger partial charge on any atom is 0.242 e. The molecule has 0 amide bonds. The van der Waals surface area contributed by atoms with Crippen LogP contribution in [0.15, 0.2) is 30.6 Å². The van der Waals surface area contributed by atoms with Gasteiger partial charge < -0.3 is 15.4 Å². The van der Waals surface area contributed by atoms with Gasteiger partial charge in [0.1, 0.15) is 12.0 Å². The number of ether oxygens (including phenoxy) is 1. The summed E-state index contributed by atoms with van der Waals surface area (Å²) < 4.78 is 5.58. The standard InChI is InChI=1S/C16H22N4O/c1-4-10-21-16-14(17)15(18-11-19-16)20(5-2)13-9-7-6-8-12(13)3/h6-9,11H,4-5,10,17H2,1-3H3. The molecule has 0 fully saturated rings. The summed E-state index contributed by atoms with van der Waals surface area (Å²) in [5, 5.41) is 0. The minimum Gasteiger partial charge on any atom is -0.476 e. The number of aromatic nitrogens is 2. The molecule has 21 heavy (non-hydrogen) atoms. The highest BCUT2D eigenvalue weighted by atomic mass is 16.5. The van der Waals surface area contributed by atoms with Gasteiger partial charge in [-0.3, -0.25) is 0 Å². The molecule has 5 nitrogen and oxygen atoms in total. The number of nitrogens with two attached hydrogens (primary N) is 1. The molecule has 0 bridgehead atoms. The van der Waals surface area contributed by atoms with Crippen LogP contribution in [-0.4, -0.2) is 23.1 Å². The monoisotopic (exact) mass is 286 g/mol. The highest BCUT2D eigenvalue weighted by Crippen LogP contribution is 2.34. The minimum absolute atomic E-state index is 0.453. The lowest BCUT2D eigenvalue weighted by atomic mass is 10.2. The maximum atomic E-state index is 6.20. The lowest BCUT2D eigenvalue weighted by molar-refractivity contribution is 0.306. The molecule has 112 valence electrons. The molecule has 5 heteroatoms. The summed E-state index contributed by atoms with van der Waals surface area (Å²) in [5.41, 5.74) is 8.94. The van der Waals surface area contributed by atoms with Gasteiger partial charge in [0.2, 0.25) is 5.88 Å². The third-order valence-electron chi connectivity index (χ3n) is 3.25. The van der Waals surface area contributed by atoms with Gasteiger partial charge in [-0.25, -0.2) is 4.98 Å². The zero-order valence-electron chi connectivity index (χ0n) is 12.8. The molecule has 0 unspecified atom stereocenters. The molecule has 2 N–H and O–H groups in total. The van der Waals surface area contributed by atoms with Crippen molar-refractivity contribution in [3.8, 4) is 5.88 Å². The Labute approximate surface area is 125 Å². The molecular formula is C16H22N4O. The van der Waals surface area contributed by atoms with Crippen LogP contribution in [0.5, 0.6) is 5.88 Å². The molecule has 1 heterocycles. The summed E-state index contributed by atoms with van der Waals surface area (Å²) in [6.45, 7) is 7.55. The van der Waals surface area contributed by atoms with Crippen LogP contribution < -0.4 is 15.4 Å².